The molecule has 152 valence electrons. The van der Waals surface area contributed by atoms with E-state index in [9.17, 15) is 4.79 Å². The zero-order valence-corrected chi connectivity index (χ0v) is 16.8. The molecule has 1 spiro atoms. The Labute approximate surface area is 173 Å². The van der Waals surface area contributed by atoms with Gasteiger partial charge in [0.2, 0.25) is 11.8 Å². The summed E-state index contributed by atoms with van der Waals surface area (Å²) in [5.41, 5.74) is 0.290. The highest BCUT2D eigenvalue weighted by molar-refractivity contribution is 6.30. The van der Waals surface area contributed by atoms with Crippen LogP contribution < -0.4 is 15.0 Å². The maximum Gasteiger partial charge on any atom is 0.252 e. The third kappa shape index (κ3) is 3.20. The number of nitrogens with zero attached hydrogens (tertiary/aromatic N) is 4. The number of halogens is 1. The van der Waals surface area contributed by atoms with Crippen LogP contribution in [0.25, 0.3) is 0 Å². The SMILES string of the molecule is COc1ccnc(N2C[C@@H]3[C@H](CNC(=O)c4cncc(Cl)c4)[C@H]4CC[C@]3(C2)O4)n1. The average molecular weight is 416 g/mol. The van der Waals surface area contributed by atoms with Crippen molar-refractivity contribution in [2.24, 2.45) is 11.8 Å². The van der Waals surface area contributed by atoms with Crippen molar-refractivity contribution in [2.75, 3.05) is 31.6 Å². The van der Waals surface area contributed by atoms with Crippen LogP contribution in [0.3, 0.4) is 0 Å². The average Bonchev–Trinajstić information content (AvgIpc) is 3.40. The third-order valence-corrected chi connectivity index (χ3v) is 6.57. The highest BCUT2D eigenvalue weighted by Gasteiger charge is 2.63. The second-order valence-corrected chi connectivity index (χ2v) is 8.35. The molecular weight excluding hydrogens is 394 g/mol. The lowest BCUT2D eigenvalue weighted by Crippen LogP contribution is -2.41. The van der Waals surface area contributed by atoms with Gasteiger partial charge in [-0.1, -0.05) is 11.6 Å². The van der Waals surface area contributed by atoms with Gasteiger partial charge in [-0.05, 0) is 18.9 Å². The van der Waals surface area contributed by atoms with Gasteiger partial charge < -0.3 is 19.7 Å². The fraction of sp³-hybridized carbons (Fsp3) is 0.500. The Morgan fingerprint density at radius 3 is 3.21 bits per heavy atom. The number of carbonyl (C=O) groups is 1. The molecule has 0 aromatic carbocycles. The van der Waals surface area contributed by atoms with Crippen molar-refractivity contribution in [3.63, 3.8) is 0 Å². The molecule has 3 saturated heterocycles. The predicted molar refractivity (Wildman–Crippen MR) is 106 cm³/mol. The summed E-state index contributed by atoms with van der Waals surface area (Å²) in [7, 11) is 1.60. The molecule has 0 saturated carbocycles. The molecule has 1 N–H and O–H groups in total. The molecule has 2 bridgehead atoms. The van der Waals surface area contributed by atoms with E-state index in [2.05, 4.69) is 25.2 Å². The van der Waals surface area contributed by atoms with E-state index in [4.69, 9.17) is 21.1 Å². The summed E-state index contributed by atoms with van der Waals surface area (Å²) in [4.78, 5) is 27.6. The fourth-order valence-electron chi connectivity index (χ4n) is 5.06. The Morgan fingerprint density at radius 2 is 2.38 bits per heavy atom. The van der Waals surface area contributed by atoms with E-state index in [0.29, 0.717) is 34.9 Å². The van der Waals surface area contributed by atoms with Gasteiger partial charge in [-0.25, -0.2) is 4.98 Å². The van der Waals surface area contributed by atoms with Crippen molar-refractivity contribution >= 4 is 23.5 Å². The van der Waals surface area contributed by atoms with Crippen LogP contribution in [0.2, 0.25) is 5.02 Å². The minimum atomic E-state index is -0.176. The molecule has 5 rings (SSSR count). The molecule has 2 aromatic rings. The van der Waals surface area contributed by atoms with Crippen LogP contribution in [0.15, 0.2) is 30.7 Å². The van der Waals surface area contributed by atoms with Crippen molar-refractivity contribution in [2.45, 2.75) is 24.5 Å². The number of rotatable bonds is 5. The van der Waals surface area contributed by atoms with Crippen molar-refractivity contribution < 1.29 is 14.3 Å². The van der Waals surface area contributed by atoms with Crippen molar-refractivity contribution in [1.82, 2.24) is 20.3 Å². The number of ether oxygens (including phenoxy) is 2. The van der Waals surface area contributed by atoms with Gasteiger partial charge in [0.25, 0.3) is 5.91 Å². The lowest BCUT2D eigenvalue weighted by Gasteiger charge is -2.29. The maximum atomic E-state index is 12.5. The van der Waals surface area contributed by atoms with Gasteiger partial charge in [-0.2, -0.15) is 4.98 Å². The first-order valence-electron chi connectivity index (χ1n) is 9.76. The van der Waals surface area contributed by atoms with Gasteiger partial charge in [0, 0.05) is 49.6 Å². The number of carbonyl (C=O) groups excluding carboxylic acids is 1. The van der Waals surface area contributed by atoms with Gasteiger partial charge in [-0.3, -0.25) is 9.78 Å². The number of methoxy groups -OCH3 is 1. The van der Waals surface area contributed by atoms with Crippen molar-refractivity contribution in [3.05, 3.63) is 41.3 Å². The molecule has 1 amide bonds. The molecule has 3 aliphatic rings. The summed E-state index contributed by atoms with van der Waals surface area (Å²) in [6, 6.07) is 3.37. The van der Waals surface area contributed by atoms with E-state index in [1.165, 1.54) is 12.4 Å². The van der Waals surface area contributed by atoms with Crippen LogP contribution in [-0.4, -0.2) is 59.3 Å². The first kappa shape index (κ1) is 18.6. The van der Waals surface area contributed by atoms with Crippen LogP contribution >= 0.6 is 11.6 Å². The quantitative estimate of drug-likeness (QED) is 0.798. The number of hydrogen-bond acceptors (Lipinski definition) is 7. The molecule has 3 fully saturated rings. The molecule has 3 aliphatic heterocycles. The zero-order valence-electron chi connectivity index (χ0n) is 16.0. The second kappa shape index (κ2) is 7.11. The molecule has 0 aliphatic carbocycles. The Bertz CT molecular complexity index is 944. The first-order chi connectivity index (χ1) is 14.1. The van der Waals surface area contributed by atoms with Gasteiger partial charge in [-0.15, -0.1) is 0 Å². The minimum absolute atomic E-state index is 0.164. The molecular formula is C20H22ClN5O3. The number of anilines is 1. The molecule has 29 heavy (non-hydrogen) atoms. The van der Waals surface area contributed by atoms with Crippen LogP contribution in [0.1, 0.15) is 23.2 Å². The van der Waals surface area contributed by atoms with E-state index in [0.717, 1.165) is 25.9 Å². The van der Waals surface area contributed by atoms with Crippen LogP contribution in [-0.2, 0) is 4.74 Å². The normalized spacial score (nSPS) is 29.7. The number of nitrogens with one attached hydrogen (secondary N) is 1. The summed E-state index contributed by atoms with van der Waals surface area (Å²) in [6.07, 6.45) is 6.98. The van der Waals surface area contributed by atoms with Crippen LogP contribution in [0, 0.1) is 11.8 Å². The lowest BCUT2D eigenvalue weighted by atomic mass is 9.73. The van der Waals surface area contributed by atoms with Gasteiger partial charge in [0.15, 0.2) is 0 Å². The molecule has 9 heteroatoms. The summed E-state index contributed by atoms with van der Waals surface area (Å²) in [5, 5.41) is 3.50. The number of amides is 1. The van der Waals surface area contributed by atoms with E-state index < -0.39 is 0 Å². The van der Waals surface area contributed by atoms with Crippen molar-refractivity contribution in [1.29, 1.82) is 0 Å². The topological polar surface area (TPSA) is 89.5 Å². The van der Waals surface area contributed by atoms with Gasteiger partial charge in [0.1, 0.15) is 0 Å². The van der Waals surface area contributed by atoms with Crippen molar-refractivity contribution in [3.8, 4) is 5.88 Å². The fourth-order valence-corrected chi connectivity index (χ4v) is 5.24. The summed E-state index contributed by atoms with van der Waals surface area (Å²) in [6.45, 7) is 2.14. The van der Waals surface area contributed by atoms with Crippen LogP contribution in [0.5, 0.6) is 5.88 Å². The number of fused-ring (bicyclic) bond motifs is 1. The van der Waals surface area contributed by atoms with Gasteiger partial charge >= 0.3 is 0 Å². The summed E-state index contributed by atoms with van der Waals surface area (Å²) < 4.78 is 11.7. The van der Waals surface area contributed by atoms with E-state index in [1.54, 1.807) is 25.4 Å². The standard InChI is InChI=1S/C20H22ClN5O3/c1-28-17-3-5-23-19(25-17)26-10-15-14(16-2-4-20(15,11-26)29-16)9-24-18(27)12-6-13(21)8-22-7-12/h3,5-8,14-16H,2,4,9-11H2,1H3,(H,24,27)/t14-,15+,16+,20+/m0/s1. The first-order valence-corrected chi connectivity index (χ1v) is 10.1. The number of pyridine rings is 1. The highest BCUT2D eigenvalue weighted by atomic mass is 35.5. The van der Waals surface area contributed by atoms with E-state index >= 15 is 0 Å². The largest absolute Gasteiger partial charge is 0.481 e. The molecule has 0 unspecified atom stereocenters. The van der Waals surface area contributed by atoms with E-state index in [1.807, 2.05) is 0 Å². The Hall–Kier alpha value is -2.45. The molecule has 5 heterocycles. The monoisotopic (exact) mass is 415 g/mol. The number of hydrogen-bond donors (Lipinski definition) is 1. The summed E-state index contributed by atoms with van der Waals surface area (Å²) >= 11 is 5.95. The highest BCUT2D eigenvalue weighted by Crippen LogP contribution is 2.55. The van der Waals surface area contributed by atoms with Gasteiger partial charge in [0.05, 0.1) is 35.9 Å². The molecule has 0 radical (unpaired) electrons. The predicted octanol–water partition coefficient (Wildman–Crippen LogP) is 1.95. The Kier molecular flexibility index (Phi) is 4.55. The van der Waals surface area contributed by atoms with E-state index in [-0.39, 0.29) is 23.5 Å². The lowest BCUT2D eigenvalue weighted by molar-refractivity contribution is 0.0141. The third-order valence-electron chi connectivity index (χ3n) is 6.36. The number of aromatic nitrogens is 3. The van der Waals surface area contributed by atoms with Crippen LogP contribution in [0.4, 0.5) is 5.95 Å². The zero-order chi connectivity index (χ0) is 20.0. The molecule has 4 atom stereocenters. The smallest absolute Gasteiger partial charge is 0.252 e. The Morgan fingerprint density at radius 1 is 1.48 bits per heavy atom. The Balaban J connectivity index is 1.29. The second-order valence-electron chi connectivity index (χ2n) is 7.91. The summed E-state index contributed by atoms with van der Waals surface area (Å²) in [5.74, 6) is 1.63. The molecule has 8 nitrogen and oxygen atoms in total. The molecule has 2 aromatic heterocycles. The minimum Gasteiger partial charge on any atom is -0.481 e. The maximum absolute atomic E-state index is 12.5.